The van der Waals surface area contributed by atoms with Crippen molar-refractivity contribution in [1.82, 2.24) is 9.97 Å². The number of aryl methyl sites for hydroxylation is 1. The molecule has 1 aromatic heterocycles. The summed E-state index contributed by atoms with van der Waals surface area (Å²) in [6.45, 7) is 4.70. The number of nitrogens with zero attached hydrogens (tertiary/aromatic N) is 2. The minimum absolute atomic E-state index is 0.00705. The first-order chi connectivity index (χ1) is 9.44. The highest BCUT2D eigenvalue weighted by Gasteiger charge is 2.26. The molecule has 114 valence electrons. The van der Waals surface area contributed by atoms with Gasteiger partial charge in [-0.25, -0.2) is 4.98 Å². The van der Waals surface area contributed by atoms with Crippen molar-refractivity contribution in [2.24, 2.45) is 0 Å². The molecule has 0 bridgehead atoms. The maximum absolute atomic E-state index is 12.0. The first-order valence-corrected chi connectivity index (χ1v) is 6.76. The second-order valence-corrected chi connectivity index (χ2v) is 4.36. The molecule has 7 heteroatoms. The van der Waals surface area contributed by atoms with Crippen molar-refractivity contribution in [3.8, 4) is 5.88 Å². The van der Waals surface area contributed by atoms with Gasteiger partial charge in [-0.2, -0.15) is 18.2 Å². The predicted molar refractivity (Wildman–Crippen MR) is 71.0 cm³/mol. The summed E-state index contributed by atoms with van der Waals surface area (Å²) in [6.07, 6.45) is -3.47. The fraction of sp³-hybridized carbons (Fsp3) is 0.692. The standard InChI is InChI=1S/C13H20F3N3O/c1-3-7-17-11-9-12(19-10(4-2)18-11)20-8-5-6-13(14,15)16/h9H,3-8H2,1-2H3,(H,17,18,19). The van der Waals surface area contributed by atoms with Gasteiger partial charge in [0.05, 0.1) is 6.61 Å². The highest BCUT2D eigenvalue weighted by molar-refractivity contribution is 5.38. The van der Waals surface area contributed by atoms with E-state index in [0.29, 0.717) is 23.9 Å². The summed E-state index contributed by atoms with van der Waals surface area (Å²) >= 11 is 0. The van der Waals surface area contributed by atoms with E-state index in [9.17, 15) is 13.2 Å². The molecule has 0 amide bonds. The molecular formula is C13H20F3N3O. The lowest BCUT2D eigenvalue weighted by molar-refractivity contribution is -0.136. The minimum Gasteiger partial charge on any atom is -0.478 e. The van der Waals surface area contributed by atoms with Crippen LogP contribution in [0.2, 0.25) is 0 Å². The van der Waals surface area contributed by atoms with Crippen LogP contribution in [-0.4, -0.2) is 29.3 Å². The molecule has 1 aromatic rings. The van der Waals surface area contributed by atoms with Crippen molar-refractivity contribution in [3.05, 3.63) is 11.9 Å². The molecule has 0 saturated heterocycles. The fourth-order valence-electron chi connectivity index (χ4n) is 1.50. The van der Waals surface area contributed by atoms with Crippen LogP contribution in [0.15, 0.2) is 6.07 Å². The average molecular weight is 291 g/mol. The van der Waals surface area contributed by atoms with E-state index in [4.69, 9.17) is 4.74 Å². The molecule has 20 heavy (non-hydrogen) atoms. The Hall–Kier alpha value is -1.53. The highest BCUT2D eigenvalue weighted by Crippen LogP contribution is 2.21. The van der Waals surface area contributed by atoms with Crippen LogP contribution in [0, 0.1) is 0 Å². The van der Waals surface area contributed by atoms with Crippen molar-refractivity contribution in [1.29, 1.82) is 0 Å². The largest absolute Gasteiger partial charge is 0.478 e. The van der Waals surface area contributed by atoms with Crippen LogP contribution in [0.3, 0.4) is 0 Å². The minimum atomic E-state index is -4.14. The first kappa shape index (κ1) is 16.5. The molecule has 1 heterocycles. The molecule has 0 fully saturated rings. The fourth-order valence-corrected chi connectivity index (χ4v) is 1.50. The molecular weight excluding hydrogens is 271 g/mol. The van der Waals surface area contributed by atoms with Crippen molar-refractivity contribution < 1.29 is 17.9 Å². The molecule has 0 aliphatic heterocycles. The Kier molecular flexibility index (Phi) is 6.54. The number of halogens is 3. The molecule has 4 nitrogen and oxygen atoms in total. The topological polar surface area (TPSA) is 47.0 Å². The lowest BCUT2D eigenvalue weighted by atomic mass is 10.3. The first-order valence-electron chi connectivity index (χ1n) is 6.76. The van der Waals surface area contributed by atoms with E-state index in [1.807, 2.05) is 13.8 Å². The third kappa shape index (κ3) is 6.58. The number of hydrogen-bond acceptors (Lipinski definition) is 4. The lowest BCUT2D eigenvalue weighted by Gasteiger charge is -2.10. The van der Waals surface area contributed by atoms with Gasteiger partial charge >= 0.3 is 6.18 Å². The van der Waals surface area contributed by atoms with Crippen LogP contribution in [0.4, 0.5) is 19.0 Å². The van der Waals surface area contributed by atoms with Gasteiger partial charge in [0.1, 0.15) is 11.6 Å². The number of alkyl halides is 3. The number of nitrogens with one attached hydrogen (secondary N) is 1. The van der Waals surface area contributed by atoms with Gasteiger partial charge in [0, 0.05) is 25.5 Å². The smallest absolute Gasteiger partial charge is 0.389 e. The molecule has 0 aliphatic carbocycles. The van der Waals surface area contributed by atoms with E-state index < -0.39 is 12.6 Å². The molecule has 1 N–H and O–H groups in total. The van der Waals surface area contributed by atoms with Crippen LogP contribution < -0.4 is 10.1 Å². The number of aromatic nitrogens is 2. The quantitative estimate of drug-likeness (QED) is 0.744. The van der Waals surface area contributed by atoms with Gasteiger partial charge in [0.25, 0.3) is 0 Å². The molecule has 0 spiro atoms. The maximum atomic E-state index is 12.0. The lowest BCUT2D eigenvalue weighted by Crippen LogP contribution is -2.11. The third-order valence-electron chi connectivity index (χ3n) is 2.48. The molecule has 0 radical (unpaired) electrons. The Morgan fingerprint density at radius 2 is 2.00 bits per heavy atom. The van der Waals surface area contributed by atoms with E-state index in [0.717, 1.165) is 13.0 Å². The predicted octanol–water partition coefficient (Wildman–Crippen LogP) is 3.58. The van der Waals surface area contributed by atoms with Crippen molar-refractivity contribution in [2.75, 3.05) is 18.5 Å². The molecule has 1 rings (SSSR count). The number of rotatable bonds is 8. The van der Waals surface area contributed by atoms with Crippen LogP contribution in [0.5, 0.6) is 5.88 Å². The van der Waals surface area contributed by atoms with Gasteiger partial charge in [0.15, 0.2) is 0 Å². The Balaban J connectivity index is 2.55. The van der Waals surface area contributed by atoms with E-state index in [2.05, 4.69) is 15.3 Å². The monoisotopic (exact) mass is 291 g/mol. The van der Waals surface area contributed by atoms with Crippen LogP contribution >= 0.6 is 0 Å². The third-order valence-corrected chi connectivity index (χ3v) is 2.48. The van der Waals surface area contributed by atoms with Crippen molar-refractivity contribution in [3.63, 3.8) is 0 Å². The second-order valence-electron chi connectivity index (χ2n) is 4.36. The number of ether oxygens (including phenoxy) is 1. The summed E-state index contributed by atoms with van der Waals surface area (Å²) in [7, 11) is 0. The van der Waals surface area contributed by atoms with E-state index in [-0.39, 0.29) is 13.0 Å². The summed E-state index contributed by atoms with van der Waals surface area (Å²) < 4.78 is 41.3. The Morgan fingerprint density at radius 1 is 1.25 bits per heavy atom. The van der Waals surface area contributed by atoms with Gasteiger partial charge in [-0.15, -0.1) is 0 Å². The molecule has 0 aliphatic rings. The normalized spacial score (nSPS) is 11.4. The zero-order valence-electron chi connectivity index (χ0n) is 11.8. The van der Waals surface area contributed by atoms with E-state index in [1.165, 1.54) is 0 Å². The van der Waals surface area contributed by atoms with Gasteiger partial charge in [-0.1, -0.05) is 13.8 Å². The molecule has 0 atom stereocenters. The highest BCUT2D eigenvalue weighted by atomic mass is 19.4. The number of hydrogen-bond donors (Lipinski definition) is 1. The molecule has 0 aromatic carbocycles. The number of anilines is 1. The summed E-state index contributed by atoms with van der Waals surface area (Å²) in [5, 5.41) is 3.11. The van der Waals surface area contributed by atoms with E-state index >= 15 is 0 Å². The van der Waals surface area contributed by atoms with Crippen molar-refractivity contribution in [2.45, 2.75) is 45.7 Å². The Morgan fingerprint density at radius 3 is 2.60 bits per heavy atom. The van der Waals surface area contributed by atoms with Crippen LogP contribution in [0.1, 0.15) is 38.9 Å². The van der Waals surface area contributed by atoms with Gasteiger partial charge in [-0.3, -0.25) is 0 Å². The van der Waals surface area contributed by atoms with Gasteiger partial charge in [0.2, 0.25) is 5.88 Å². The molecule has 0 saturated carbocycles. The molecule has 0 unspecified atom stereocenters. The van der Waals surface area contributed by atoms with Crippen LogP contribution in [-0.2, 0) is 6.42 Å². The van der Waals surface area contributed by atoms with Gasteiger partial charge in [-0.05, 0) is 12.8 Å². The SMILES string of the molecule is CCCNc1cc(OCCCC(F)(F)F)nc(CC)n1. The van der Waals surface area contributed by atoms with E-state index in [1.54, 1.807) is 6.07 Å². The van der Waals surface area contributed by atoms with Gasteiger partial charge < -0.3 is 10.1 Å². The Bertz CT molecular complexity index is 410. The average Bonchev–Trinajstić information content (AvgIpc) is 2.40. The second kappa shape index (κ2) is 7.91. The summed E-state index contributed by atoms with van der Waals surface area (Å²) in [4.78, 5) is 8.41. The zero-order chi connectivity index (χ0) is 15.0. The van der Waals surface area contributed by atoms with Crippen molar-refractivity contribution >= 4 is 5.82 Å². The maximum Gasteiger partial charge on any atom is 0.389 e. The summed E-state index contributed by atoms with van der Waals surface area (Å²) in [5.74, 6) is 1.57. The summed E-state index contributed by atoms with van der Waals surface area (Å²) in [5.41, 5.74) is 0. The van der Waals surface area contributed by atoms with Crippen LogP contribution in [0.25, 0.3) is 0 Å². The summed E-state index contributed by atoms with van der Waals surface area (Å²) in [6, 6.07) is 1.61. The zero-order valence-corrected chi connectivity index (χ0v) is 11.8. The Labute approximate surface area is 116 Å².